The minimum Gasteiger partial charge on any atom is -0.481 e. The van der Waals surface area contributed by atoms with Gasteiger partial charge in [-0.15, -0.1) is 0 Å². The van der Waals surface area contributed by atoms with Gasteiger partial charge in [0.05, 0.1) is 12.2 Å². The molecule has 0 aromatic carbocycles. The number of H-pyrrole nitrogens is 1. The third-order valence-electron chi connectivity index (χ3n) is 2.61. The fraction of sp³-hybridized carbons (Fsp3) is 0.583. The summed E-state index contributed by atoms with van der Waals surface area (Å²) < 4.78 is 0. The van der Waals surface area contributed by atoms with Gasteiger partial charge in [0, 0.05) is 6.54 Å². The molecule has 0 amide bonds. The van der Waals surface area contributed by atoms with Gasteiger partial charge in [0.2, 0.25) is 0 Å². The number of rotatable bonds is 5. The van der Waals surface area contributed by atoms with Gasteiger partial charge in [-0.2, -0.15) is 0 Å². The summed E-state index contributed by atoms with van der Waals surface area (Å²) in [7, 11) is 0. The van der Waals surface area contributed by atoms with Crippen molar-refractivity contribution in [3.63, 3.8) is 0 Å². The van der Waals surface area contributed by atoms with Gasteiger partial charge >= 0.3 is 5.97 Å². The fourth-order valence-corrected chi connectivity index (χ4v) is 1.76. The normalized spacial score (nSPS) is 13.0. The lowest BCUT2D eigenvalue weighted by Crippen LogP contribution is -2.28. The lowest BCUT2D eigenvalue weighted by atomic mass is 9.84. The van der Waals surface area contributed by atoms with Crippen LogP contribution in [0.3, 0.4) is 0 Å². The molecule has 0 radical (unpaired) electrons. The number of carboxylic acid groups (broad SMARTS) is 1. The van der Waals surface area contributed by atoms with Crippen molar-refractivity contribution in [3.8, 4) is 0 Å². The maximum atomic E-state index is 11.3. The molecule has 5 N–H and O–H groups in total. The monoisotopic (exact) mass is 268 g/mol. The summed E-state index contributed by atoms with van der Waals surface area (Å²) in [6.07, 6.45) is 1.74. The molecule has 106 valence electrons. The summed E-state index contributed by atoms with van der Waals surface area (Å²) in [5.41, 5.74) is 4.97. The molecular weight excluding hydrogens is 248 g/mol. The van der Waals surface area contributed by atoms with Crippen LogP contribution in [0, 0.1) is 11.3 Å². The summed E-state index contributed by atoms with van der Waals surface area (Å²) in [5.74, 6) is -1.24. The van der Waals surface area contributed by atoms with E-state index in [2.05, 4.69) is 15.3 Å². The zero-order valence-corrected chi connectivity index (χ0v) is 11.4. The van der Waals surface area contributed by atoms with Crippen LogP contribution in [0.2, 0.25) is 0 Å². The Labute approximate surface area is 111 Å². The molecule has 0 bridgehead atoms. The molecule has 1 aromatic rings. The van der Waals surface area contributed by atoms with E-state index in [-0.39, 0.29) is 23.5 Å². The van der Waals surface area contributed by atoms with Gasteiger partial charge in [-0.1, -0.05) is 20.8 Å². The summed E-state index contributed by atoms with van der Waals surface area (Å²) in [5, 5.41) is 12.0. The van der Waals surface area contributed by atoms with Gasteiger partial charge in [-0.25, -0.2) is 4.98 Å². The molecule has 0 saturated carbocycles. The summed E-state index contributed by atoms with van der Waals surface area (Å²) in [6, 6.07) is 0. The third-order valence-corrected chi connectivity index (χ3v) is 2.61. The van der Waals surface area contributed by atoms with Gasteiger partial charge < -0.3 is 21.1 Å². The quantitative estimate of drug-likeness (QED) is 0.629. The van der Waals surface area contributed by atoms with Crippen LogP contribution in [0.5, 0.6) is 0 Å². The molecule has 0 saturated heterocycles. The Hall–Kier alpha value is -2.05. The van der Waals surface area contributed by atoms with E-state index in [4.69, 9.17) is 5.73 Å². The van der Waals surface area contributed by atoms with Gasteiger partial charge in [-0.3, -0.25) is 9.59 Å². The van der Waals surface area contributed by atoms with Crippen molar-refractivity contribution in [3.05, 3.63) is 16.7 Å². The number of aliphatic carboxylic acids is 1. The van der Waals surface area contributed by atoms with Gasteiger partial charge in [0.1, 0.15) is 5.69 Å². The van der Waals surface area contributed by atoms with Crippen LogP contribution >= 0.6 is 0 Å². The van der Waals surface area contributed by atoms with E-state index in [0.717, 1.165) is 0 Å². The first kappa shape index (κ1) is 15.0. The molecule has 1 rings (SSSR count). The Kier molecular flexibility index (Phi) is 4.52. The molecule has 7 heteroatoms. The number of nitrogens with zero attached hydrogens (tertiary/aromatic N) is 1. The fourth-order valence-electron chi connectivity index (χ4n) is 1.76. The van der Waals surface area contributed by atoms with Crippen molar-refractivity contribution in [2.75, 3.05) is 17.6 Å². The van der Waals surface area contributed by atoms with E-state index in [1.807, 2.05) is 20.8 Å². The smallest absolute Gasteiger partial charge is 0.308 e. The second kappa shape index (κ2) is 5.73. The number of hydrogen-bond donors (Lipinski definition) is 4. The Morgan fingerprint density at radius 2 is 2.21 bits per heavy atom. The average molecular weight is 268 g/mol. The molecule has 1 aromatic heterocycles. The standard InChI is InChI=1S/C12H20N4O3/c1-12(2,3)4-7(11(18)19)5-14-9-8(13)10(17)16-6-15-9/h6-7H,4-5,13H2,1-3H3,(H,18,19)(H2,14,15,16,17). The van der Waals surface area contributed by atoms with E-state index < -0.39 is 17.4 Å². The van der Waals surface area contributed by atoms with Crippen molar-refractivity contribution < 1.29 is 9.90 Å². The van der Waals surface area contributed by atoms with Crippen molar-refractivity contribution >= 4 is 17.5 Å². The van der Waals surface area contributed by atoms with E-state index in [1.54, 1.807) is 0 Å². The van der Waals surface area contributed by atoms with Crippen molar-refractivity contribution in [1.29, 1.82) is 0 Å². The summed E-state index contributed by atoms with van der Waals surface area (Å²) in [4.78, 5) is 28.7. The van der Waals surface area contributed by atoms with Gasteiger partial charge in [0.25, 0.3) is 5.56 Å². The molecule has 1 atom stereocenters. The summed E-state index contributed by atoms with van der Waals surface area (Å²) in [6.45, 7) is 6.10. The van der Waals surface area contributed by atoms with E-state index in [9.17, 15) is 14.7 Å². The molecule has 1 heterocycles. The zero-order valence-electron chi connectivity index (χ0n) is 11.4. The highest BCUT2D eigenvalue weighted by Crippen LogP contribution is 2.25. The predicted molar refractivity (Wildman–Crippen MR) is 73.0 cm³/mol. The number of hydrogen-bond acceptors (Lipinski definition) is 5. The Morgan fingerprint density at radius 1 is 1.58 bits per heavy atom. The topological polar surface area (TPSA) is 121 Å². The van der Waals surface area contributed by atoms with Crippen molar-refractivity contribution in [2.45, 2.75) is 27.2 Å². The molecule has 0 fully saturated rings. The number of nitrogens with two attached hydrogens (primary N) is 1. The van der Waals surface area contributed by atoms with Crippen LogP contribution in [-0.4, -0.2) is 27.6 Å². The highest BCUT2D eigenvalue weighted by molar-refractivity contribution is 5.71. The number of nitrogen functional groups attached to an aromatic ring is 1. The minimum absolute atomic E-state index is 0.0394. The first-order chi connectivity index (χ1) is 8.70. The Balaban J connectivity index is 2.74. The number of aromatic amines is 1. The lowest BCUT2D eigenvalue weighted by molar-refractivity contribution is -0.142. The molecular formula is C12H20N4O3. The second-order valence-electron chi connectivity index (χ2n) is 5.67. The number of nitrogens with one attached hydrogen (secondary N) is 2. The molecule has 0 spiro atoms. The van der Waals surface area contributed by atoms with Crippen LogP contribution in [0.25, 0.3) is 0 Å². The number of carboxylic acids is 1. The highest BCUT2D eigenvalue weighted by Gasteiger charge is 2.24. The first-order valence-corrected chi connectivity index (χ1v) is 6.00. The maximum absolute atomic E-state index is 11.3. The SMILES string of the molecule is CC(C)(C)CC(CNc1nc[nH]c(=O)c1N)C(=O)O. The van der Waals surface area contributed by atoms with Crippen molar-refractivity contribution in [1.82, 2.24) is 9.97 Å². The van der Waals surface area contributed by atoms with Gasteiger partial charge in [-0.05, 0) is 11.8 Å². The number of aromatic nitrogens is 2. The molecule has 0 aliphatic rings. The molecule has 19 heavy (non-hydrogen) atoms. The summed E-state index contributed by atoms with van der Waals surface area (Å²) >= 11 is 0. The van der Waals surface area contributed by atoms with E-state index in [1.165, 1.54) is 6.33 Å². The van der Waals surface area contributed by atoms with Crippen LogP contribution in [0.4, 0.5) is 11.5 Å². The maximum Gasteiger partial charge on any atom is 0.308 e. The van der Waals surface area contributed by atoms with E-state index in [0.29, 0.717) is 6.42 Å². The Bertz CT molecular complexity index is 504. The molecule has 0 aliphatic carbocycles. The van der Waals surface area contributed by atoms with Crippen LogP contribution in [0.1, 0.15) is 27.2 Å². The zero-order chi connectivity index (χ0) is 14.6. The van der Waals surface area contributed by atoms with Crippen LogP contribution in [0.15, 0.2) is 11.1 Å². The number of carbonyl (C=O) groups is 1. The predicted octanol–water partition coefficient (Wildman–Crippen LogP) is 0.901. The van der Waals surface area contributed by atoms with Crippen LogP contribution < -0.4 is 16.6 Å². The van der Waals surface area contributed by atoms with Crippen molar-refractivity contribution in [2.24, 2.45) is 11.3 Å². The molecule has 1 unspecified atom stereocenters. The highest BCUT2D eigenvalue weighted by atomic mass is 16.4. The molecule has 7 nitrogen and oxygen atoms in total. The lowest BCUT2D eigenvalue weighted by Gasteiger charge is -2.23. The largest absolute Gasteiger partial charge is 0.481 e. The molecule has 0 aliphatic heterocycles. The second-order valence-corrected chi connectivity index (χ2v) is 5.67. The first-order valence-electron chi connectivity index (χ1n) is 6.00. The minimum atomic E-state index is -0.883. The number of anilines is 2. The third kappa shape index (κ3) is 4.61. The van der Waals surface area contributed by atoms with Crippen LogP contribution in [-0.2, 0) is 4.79 Å². The van der Waals surface area contributed by atoms with E-state index >= 15 is 0 Å². The average Bonchev–Trinajstić information content (AvgIpc) is 2.27. The van der Waals surface area contributed by atoms with Gasteiger partial charge in [0.15, 0.2) is 5.82 Å². The Morgan fingerprint density at radius 3 is 2.74 bits per heavy atom.